The summed E-state index contributed by atoms with van der Waals surface area (Å²) in [5.74, 6) is 1.35. The molecule has 3 rings (SSSR count). The van der Waals surface area contributed by atoms with Crippen LogP contribution in [0.1, 0.15) is 10.4 Å². The number of carbonyl (C=O) groups is 1. The van der Waals surface area contributed by atoms with Crippen molar-refractivity contribution in [3.05, 3.63) is 48.2 Å². The third-order valence-electron chi connectivity index (χ3n) is 4.18. The van der Waals surface area contributed by atoms with Gasteiger partial charge < -0.3 is 19.9 Å². The largest absolute Gasteiger partial charge is 0.497 e. The number of amides is 1. The van der Waals surface area contributed by atoms with Gasteiger partial charge in [0.05, 0.1) is 12.7 Å². The average Bonchev–Trinajstić information content (AvgIpc) is 2.63. The highest BCUT2D eigenvalue weighted by Crippen LogP contribution is 2.21. The average molecular weight is 326 g/mol. The summed E-state index contributed by atoms with van der Waals surface area (Å²) in [4.78, 5) is 21.6. The second-order valence-corrected chi connectivity index (χ2v) is 5.85. The van der Waals surface area contributed by atoms with Crippen LogP contribution in [-0.4, -0.2) is 56.1 Å². The Morgan fingerprint density at radius 2 is 1.83 bits per heavy atom. The molecule has 1 aromatic heterocycles. The van der Waals surface area contributed by atoms with E-state index in [1.165, 1.54) is 0 Å². The number of likely N-dealkylation sites (N-methyl/N-ethyl adjacent to an activating group) is 1. The first-order valence-corrected chi connectivity index (χ1v) is 8.01. The molecule has 1 aromatic carbocycles. The van der Waals surface area contributed by atoms with Crippen molar-refractivity contribution in [2.24, 2.45) is 0 Å². The Kier molecular flexibility index (Phi) is 4.96. The molecule has 0 saturated carbocycles. The second kappa shape index (κ2) is 7.31. The fourth-order valence-corrected chi connectivity index (χ4v) is 2.72. The second-order valence-electron chi connectivity index (χ2n) is 5.85. The molecule has 1 aliphatic rings. The molecule has 1 aliphatic heterocycles. The van der Waals surface area contributed by atoms with Gasteiger partial charge in [0.25, 0.3) is 5.91 Å². The number of methoxy groups -OCH3 is 1. The van der Waals surface area contributed by atoms with Gasteiger partial charge in [-0.2, -0.15) is 0 Å². The number of hydrogen-bond donors (Lipinski definition) is 1. The lowest BCUT2D eigenvalue weighted by Gasteiger charge is -2.34. The lowest BCUT2D eigenvalue weighted by atomic mass is 10.2. The Labute approximate surface area is 142 Å². The van der Waals surface area contributed by atoms with Crippen LogP contribution >= 0.6 is 0 Å². The summed E-state index contributed by atoms with van der Waals surface area (Å²) in [6.45, 7) is 3.68. The van der Waals surface area contributed by atoms with Gasteiger partial charge >= 0.3 is 0 Å². The molecular weight excluding hydrogens is 304 g/mol. The maximum atomic E-state index is 12.7. The molecular formula is C18H22N4O2. The van der Waals surface area contributed by atoms with Crippen LogP contribution in [0.2, 0.25) is 0 Å². The van der Waals surface area contributed by atoms with E-state index >= 15 is 0 Å². The summed E-state index contributed by atoms with van der Waals surface area (Å²) in [5.41, 5.74) is 1.33. The molecule has 1 amide bonds. The van der Waals surface area contributed by atoms with Crippen molar-refractivity contribution >= 4 is 17.4 Å². The normalized spacial score (nSPS) is 15.2. The van der Waals surface area contributed by atoms with Crippen LogP contribution < -0.4 is 15.0 Å². The highest BCUT2D eigenvalue weighted by molar-refractivity contribution is 6.07. The molecule has 0 unspecified atom stereocenters. The van der Waals surface area contributed by atoms with Crippen molar-refractivity contribution in [1.29, 1.82) is 0 Å². The van der Waals surface area contributed by atoms with Gasteiger partial charge in [0.15, 0.2) is 0 Å². The molecule has 0 spiro atoms. The SMILES string of the molecule is COc1ccc(NC(=O)c2cccnc2N2CCN(C)CC2)cc1. The van der Waals surface area contributed by atoms with Gasteiger partial charge in [-0.3, -0.25) is 4.79 Å². The number of ether oxygens (including phenoxy) is 1. The highest BCUT2D eigenvalue weighted by atomic mass is 16.5. The molecule has 0 bridgehead atoms. The first-order chi connectivity index (χ1) is 11.7. The molecule has 6 nitrogen and oxygen atoms in total. The fourth-order valence-electron chi connectivity index (χ4n) is 2.72. The van der Waals surface area contributed by atoms with Crippen LogP contribution in [0.3, 0.4) is 0 Å². The minimum Gasteiger partial charge on any atom is -0.497 e. The van der Waals surface area contributed by atoms with E-state index < -0.39 is 0 Å². The van der Waals surface area contributed by atoms with Crippen LogP contribution in [-0.2, 0) is 0 Å². The van der Waals surface area contributed by atoms with Crippen molar-refractivity contribution in [2.75, 3.05) is 50.6 Å². The van der Waals surface area contributed by atoms with Gasteiger partial charge in [-0.25, -0.2) is 4.98 Å². The summed E-state index contributed by atoms with van der Waals surface area (Å²) in [5, 5.41) is 2.93. The first kappa shape index (κ1) is 16.3. The third kappa shape index (κ3) is 3.65. The topological polar surface area (TPSA) is 57.7 Å². The van der Waals surface area contributed by atoms with Crippen LogP contribution in [0, 0.1) is 0 Å². The van der Waals surface area contributed by atoms with E-state index in [1.54, 1.807) is 19.4 Å². The summed E-state index contributed by atoms with van der Waals surface area (Å²) in [6.07, 6.45) is 1.73. The lowest BCUT2D eigenvalue weighted by molar-refractivity contribution is 0.102. The number of nitrogens with one attached hydrogen (secondary N) is 1. The Morgan fingerprint density at radius 3 is 2.50 bits per heavy atom. The lowest BCUT2D eigenvalue weighted by Crippen LogP contribution is -2.45. The molecule has 1 N–H and O–H groups in total. The molecule has 126 valence electrons. The van der Waals surface area contributed by atoms with Crippen LogP contribution in [0.5, 0.6) is 5.75 Å². The molecule has 2 heterocycles. The summed E-state index contributed by atoms with van der Waals surface area (Å²) in [7, 11) is 3.72. The molecule has 0 radical (unpaired) electrons. The van der Waals surface area contributed by atoms with Crippen molar-refractivity contribution in [2.45, 2.75) is 0 Å². The molecule has 2 aromatic rings. The summed E-state index contributed by atoms with van der Waals surface area (Å²) >= 11 is 0. The summed E-state index contributed by atoms with van der Waals surface area (Å²) < 4.78 is 5.13. The number of rotatable bonds is 4. The third-order valence-corrected chi connectivity index (χ3v) is 4.18. The predicted octanol–water partition coefficient (Wildman–Crippen LogP) is 2.09. The zero-order valence-corrected chi connectivity index (χ0v) is 14.0. The van der Waals surface area contributed by atoms with E-state index in [4.69, 9.17) is 4.74 Å². The molecule has 1 fully saturated rings. The van der Waals surface area contributed by atoms with Gasteiger partial charge in [0.1, 0.15) is 11.6 Å². The number of nitrogens with zero attached hydrogens (tertiary/aromatic N) is 3. The van der Waals surface area contributed by atoms with Crippen molar-refractivity contribution in [3.63, 3.8) is 0 Å². The van der Waals surface area contributed by atoms with E-state index in [0.29, 0.717) is 5.56 Å². The van der Waals surface area contributed by atoms with E-state index in [-0.39, 0.29) is 5.91 Å². The minimum absolute atomic E-state index is 0.151. The fraction of sp³-hybridized carbons (Fsp3) is 0.333. The first-order valence-electron chi connectivity index (χ1n) is 8.01. The number of hydrogen-bond acceptors (Lipinski definition) is 5. The zero-order chi connectivity index (χ0) is 16.9. The van der Waals surface area contributed by atoms with Gasteiger partial charge in [-0.1, -0.05) is 0 Å². The van der Waals surface area contributed by atoms with Crippen LogP contribution in [0.4, 0.5) is 11.5 Å². The number of piperazine rings is 1. The Morgan fingerprint density at radius 1 is 1.12 bits per heavy atom. The van der Waals surface area contributed by atoms with Gasteiger partial charge in [0.2, 0.25) is 0 Å². The van der Waals surface area contributed by atoms with E-state index in [1.807, 2.05) is 30.3 Å². The highest BCUT2D eigenvalue weighted by Gasteiger charge is 2.21. The molecule has 1 saturated heterocycles. The van der Waals surface area contributed by atoms with Crippen molar-refractivity contribution < 1.29 is 9.53 Å². The Bertz CT molecular complexity index is 694. The smallest absolute Gasteiger partial charge is 0.259 e. The number of carbonyl (C=O) groups excluding carboxylic acids is 1. The van der Waals surface area contributed by atoms with Crippen molar-refractivity contribution in [3.8, 4) is 5.75 Å². The van der Waals surface area contributed by atoms with Crippen molar-refractivity contribution in [1.82, 2.24) is 9.88 Å². The van der Waals surface area contributed by atoms with E-state index in [9.17, 15) is 4.79 Å². The zero-order valence-electron chi connectivity index (χ0n) is 14.0. The molecule has 0 aliphatic carbocycles. The van der Waals surface area contributed by atoms with E-state index in [2.05, 4.69) is 27.1 Å². The van der Waals surface area contributed by atoms with Gasteiger partial charge in [-0.15, -0.1) is 0 Å². The Hall–Kier alpha value is -2.60. The van der Waals surface area contributed by atoms with Crippen LogP contribution in [0.25, 0.3) is 0 Å². The molecule has 6 heteroatoms. The standard InChI is InChI=1S/C18H22N4O2/c1-21-10-12-22(13-11-21)17-16(4-3-9-19-17)18(23)20-14-5-7-15(24-2)8-6-14/h3-9H,10-13H2,1-2H3,(H,20,23). The van der Waals surface area contributed by atoms with Crippen LogP contribution in [0.15, 0.2) is 42.6 Å². The predicted molar refractivity (Wildman–Crippen MR) is 94.9 cm³/mol. The van der Waals surface area contributed by atoms with Gasteiger partial charge in [-0.05, 0) is 43.4 Å². The summed E-state index contributed by atoms with van der Waals surface area (Å²) in [6, 6.07) is 10.9. The quantitative estimate of drug-likeness (QED) is 0.932. The van der Waals surface area contributed by atoms with Gasteiger partial charge in [0, 0.05) is 38.1 Å². The van der Waals surface area contributed by atoms with E-state index in [0.717, 1.165) is 43.4 Å². The number of benzene rings is 1. The Balaban J connectivity index is 1.77. The number of pyridine rings is 1. The number of anilines is 2. The molecule has 24 heavy (non-hydrogen) atoms. The maximum Gasteiger partial charge on any atom is 0.259 e. The number of aromatic nitrogens is 1. The monoisotopic (exact) mass is 326 g/mol. The maximum absolute atomic E-state index is 12.7. The minimum atomic E-state index is -0.151. The molecule has 0 atom stereocenters.